The molecule has 8 N–H and O–H groups in total. The number of Topliss-reactive ketones (excluding diaryl/α,β-unsaturated/α-hetero) is 1. The predicted octanol–water partition coefficient (Wildman–Crippen LogP) is 6.32. The molecular weight excluding hydrogens is 1070 g/mol. The number of urea groups is 1. The van der Waals surface area contributed by atoms with Crippen molar-refractivity contribution in [3.8, 4) is 0 Å². The second-order valence-corrected chi connectivity index (χ2v) is 23.9. The molecule has 1 fully saturated rings. The number of nitrogens with one attached hydrogen (secondary N) is 6. The highest BCUT2D eigenvalue weighted by Gasteiger charge is 2.50. The Hall–Kier alpha value is -5.04. The first-order valence-corrected chi connectivity index (χ1v) is 27.1. The summed E-state index contributed by atoms with van der Waals surface area (Å²) in [5.41, 5.74) is 6.56. The summed E-state index contributed by atoms with van der Waals surface area (Å²) in [5.74, 6) is -0.439. The van der Waals surface area contributed by atoms with Crippen LogP contribution in [0.4, 0.5) is 20.1 Å². The molecule has 21 nitrogen and oxygen atoms in total. The second kappa shape index (κ2) is 28.2. The minimum Gasteiger partial charge on any atom is -0.449 e. The Morgan fingerprint density at radius 3 is 2.15 bits per heavy atom. The zero-order valence-corrected chi connectivity index (χ0v) is 47.5. The Bertz CT molecular complexity index is 2220. The number of primary amides is 1. The van der Waals surface area contributed by atoms with Gasteiger partial charge in [-0.15, -0.1) is 27.5 Å². The largest absolute Gasteiger partial charge is 0.449 e. The fourth-order valence-corrected chi connectivity index (χ4v) is 9.09. The van der Waals surface area contributed by atoms with Crippen LogP contribution in [-0.2, 0) is 57.6 Å². The normalized spacial score (nSPS) is 17.7. The molecule has 1 heterocycles. The van der Waals surface area contributed by atoms with Crippen molar-refractivity contribution in [3.05, 3.63) is 41.2 Å². The molecule has 6 atom stereocenters. The van der Waals surface area contributed by atoms with Crippen molar-refractivity contribution in [2.24, 2.45) is 29.4 Å². The van der Waals surface area contributed by atoms with Crippen LogP contribution in [0.15, 0.2) is 24.3 Å². The molecule has 1 aromatic carbocycles. The van der Waals surface area contributed by atoms with E-state index in [0.29, 0.717) is 62.0 Å². The molecule has 0 bridgehead atoms. The number of benzene rings is 1. The highest BCUT2D eigenvalue weighted by molar-refractivity contribution is 14.1. The number of fused-ring (bicyclic) bond motifs is 2. The maximum atomic E-state index is 13.8. The van der Waals surface area contributed by atoms with Crippen LogP contribution in [0.1, 0.15) is 144 Å². The van der Waals surface area contributed by atoms with Crippen molar-refractivity contribution >= 4 is 74.5 Å². The number of aryl methyl sites for hydroxylation is 1. The number of nitrogens with zero attached hydrogens (tertiary/aromatic N) is 3. The smallest absolute Gasteiger partial charge is 0.407 e. The van der Waals surface area contributed by atoms with E-state index in [1.54, 1.807) is 45.0 Å². The molecule has 74 heavy (non-hydrogen) atoms. The molecule has 5 unspecified atom stereocenters. The lowest BCUT2D eigenvalue weighted by molar-refractivity contribution is -0.132. The highest BCUT2D eigenvalue weighted by atomic mass is 127. The summed E-state index contributed by atoms with van der Waals surface area (Å²) in [6.07, 6.45) is 4.36. The molecule has 0 saturated heterocycles. The molecule has 0 aliphatic heterocycles. The summed E-state index contributed by atoms with van der Waals surface area (Å²) in [4.78, 5) is 88.3. The topological polar surface area (TPSA) is 285 Å². The van der Waals surface area contributed by atoms with Gasteiger partial charge in [0.1, 0.15) is 24.5 Å². The lowest BCUT2D eigenvalue weighted by Crippen LogP contribution is -2.54. The Balaban J connectivity index is 1.24. The van der Waals surface area contributed by atoms with Crippen LogP contribution in [0.5, 0.6) is 0 Å². The van der Waals surface area contributed by atoms with Crippen molar-refractivity contribution < 1.29 is 52.5 Å². The number of amides is 7. The Labute approximate surface area is 450 Å². The third-order valence-electron chi connectivity index (χ3n) is 13.4. The van der Waals surface area contributed by atoms with Crippen LogP contribution in [-0.4, -0.2) is 117 Å². The van der Waals surface area contributed by atoms with Gasteiger partial charge in [0, 0.05) is 25.1 Å². The molecule has 1 saturated carbocycles. The quantitative estimate of drug-likeness (QED) is 0.0267. The first kappa shape index (κ1) is 61.5. The van der Waals surface area contributed by atoms with Gasteiger partial charge >= 0.3 is 22.9 Å². The van der Waals surface area contributed by atoms with E-state index < -0.39 is 58.9 Å². The van der Waals surface area contributed by atoms with Gasteiger partial charge in [0.25, 0.3) is 0 Å². The van der Waals surface area contributed by atoms with Gasteiger partial charge in [-0.25, -0.2) is 19.1 Å². The summed E-state index contributed by atoms with van der Waals surface area (Å²) in [5, 5.41) is 25.7. The molecular formula is C51H82BIN10O11. The molecule has 4 rings (SSSR count). The molecule has 7 amide bonds. The third-order valence-corrected chi connectivity index (χ3v) is 13.7. The summed E-state index contributed by atoms with van der Waals surface area (Å²) in [6, 6.07) is 3.89. The number of halogens is 1. The van der Waals surface area contributed by atoms with Gasteiger partial charge < -0.3 is 61.3 Å². The maximum absolute atomic E-state index is 13.8. The standard InChI is InChI=1S/C51H82BIN10O11/c1-31(2)43(45(67)57-40(13-12-26-55-46(54)68)44(66)56-35-16-14-34(15-17-35)28-71-48(70)60-52(11)53)58-42(65)23-25-50(7,8)73-27-32(3)63-41-21-19-37-36(18-20-39(41)61-62-63)38(37)29-72-47(69)59-49(5,6)30-74-51(9,10)24-22-33(4)64/h14-17,31-32,36-38,40,43H,12-13,18-30H2,1-11H3,(H,56,66)(H,57,67)(H,58,65)(H,59,69)(H,60,70)(H3,54,55,68)/t32?,36?,37?,38?,40-,43?/m0/s1. The van der Waals surface area contributed by atoms with Crippen LogP contribution in [0, 0.1) is 23.7 Å². The molecule has 2 aliphatic rings. The number of nitrogens with two attached hydrogens (primary N) is 1. The van der Waals surface area contributed by atoms with Gasteiger partial charge in [-0.05, 0) is 148 Å². The summed E-state index contributed by atoms with van der Waals surface area (Å²) < 4.78 is 25.3. The first-order valence-electron chi connectivity index (χ1n) is 25.9. The van der Waals surface area contributed by atoms with E-state index in [4.69, 9.17) is 24.7 Å². The van der Waals surface area contributed by atoms with E-state index in [2.05, 4.69) is 42.1 Å². The number of aromatic nitrogens is 3. The number of alkyl carbamates (subject to hydrolysis) is 1. The minimum atomic E-state index is -1.02. The third kappa shape index (κ3) is 21.3. The van der Waals surface area contributed by atoms with E-state index >= 15 is 0 Å². The van der Waals surface area contributed by atoms with E-state index in [-0.39, 0.29) is 66.9 Å². The number of carbonyl (C=O) groups is 7. The second-order valence-electron chi connectivity index (χ2n) is 22.1. The van der Waals surface area contributed by atoms with Crippen LogP contribution >= 0.6 is 22.4 Å². The Kier molecular flexibility index (Phi) is 23.4. The number of hydrogen-bond acceptors (Lipinski definition) is 13. The number of anilines is 1. The number of carbonyl (C=O) groups excluding carboxylic acids is 7. The lowest BCUT2D eigenvalue weighted by Gasteiger charge is -2.32. The van der Waals surface area contributed by atoms with Gasteiger partial charge in [-0.1, -0.05) is 38.0 Å². The highest BCUT2D eigenvalue weighted by Crippen LogP contribution is 2.53. The summed E-state index contributed by atoms with van der Waals surface area (Å²) in [6.45, 7) is 21.7. The van der Waals surface area contributed by atoms with Crippen molar-refractivity contribution in [3.63, 3.8) is 0 Å². The van der Waals surface area contributed by atoms with Gasteiger partial charge in [0.05, 0.1) is 54.0 Å². The maximum Gasteiger partial charge on any atom is 0.407 e. The lowest BCUT2D eigenvalue weighted by atomic mass is 9.99. The molecule has 1 aromatic heterocycles. The Morgan fingerprint density at radius 1 is 0.865 bits per heavy atom. The molecule has 2 aromatic rings. The molecule has 0 radical (unpaired) electrons. The number of ketones is 1. The van der Waals surface area contributed by atoms with Gasteiger partial charge in [-0.2, -0.15) is 0 Å². The molecule has 412 valence electrons. The predicted molar refractivity (Wildman–Crippen MR) is 289 cm³/mol. The molecule has 0 spiro atoms. The van der Waals surface area contributed by atoms with Crippen molar-refractivity contribution in [2.45, 2.75) is 182 Å². The molecule has 23 heteroatoms. The van der Waals surface area contributed by atoms with Gasteiger partial charge in [0.15, 0.2) is 0 Å². The molecule has 2 aliphatic carbocycles. The van der Waals surface area contributed by atoms with E-state index in [1.807, 2.05) is 82.3 Å². The van der Waals surface area contributed by atoms with E-state index in [1.165, 1.54) is 0 Å². The van der Waals surface area contributed by atoms with Crippen molar-refractivity contribution in [2.75, 3.05) is 31.7 Å². The van der Waals surface area contributed by atoms with Crippen LogP contribution in [0.25, 0.3) is 0 Å². The summed E-state index contributed by atoms with van der Waals surface area (Å²) >= 11 is 2.05. The zero-order valence-electron chi connectivity index (χ0n) is 45.3. The summed E-state index contributed by atoms with van der Waals surface area (Å²) in [7, 11) is 0. The van der Waals surface area contributed by atoms with Gasteiger partial charge in [0.2, 0.25) is 17.7 Å². The average Bonchev–Trinajstić information content (AvgIpc) is 3.80. The van der Waals surface area contributed by atoms with Crippen molar-refractivity contribution in [1.82, 2.24) is 41.5 Å². The number of rotatable bonds is 29. The minimum absolute atomic E-state index is 0.0304. The van der Waals surface area contributed by atoms with Crippen molar-refractivity contribution in [1.29, 1.82) is 0 Å². The fourth-order valence-electron chi connectivity index (χ4n) is 8.83. The first-order chi connectivity index (χ1) is 34.6. The van der Waals surface area contributed by atoms with Gasteiger partial charge in [-0.3, -0.25) is 14.4 Å². The van der Waals surface area contributed by atoms with E-state index in [9.17, 15) is 33.6 Å². The van der Waals surface area contributed by atoms with Crippen LogP contribution < -0.4 is 37.5 Å². The fraction of sp³-hybridized carbons (Fsp3) is 0.706. The monoisotopic (exact) mass is 1150 g/mol. The van der Waals surface area contributed by atoms with Crippen LogP contribution in [0.2, 0.25) is 6.82 Å². The zero-order chi connectivity index (χ0) is 55.0. The SMILES string of the molecule is CB(I)NC(=O)OCc1ccc(NC(=O)[C@H](CCCNC(N)=O)NC(=O)C(NC(=O)CCC(C)(C)OCC(C)n2nnc3c2CCC2C(CC3)C2COC(=O)NC(C)(C)COC(C)(C)CCC(C)=O)C(C)C)cc1. The van der Waals surface area contributed by atoms with Crippen LogP contribution in [0.3, 0.4) is 0 Å². The average molecular weight is 1150 g/mol. The van der Waals surface area contributed by atoms with E-state index in [0.717, 1.165) is 37.1 Å². The number of ether oxygens (including phenoxy) is 4. The number of hydrogen-bond donors (Lipinski definition) is 7. The Morgan fingerprint density at radius 2 is 1.51 bits per heavy atom.